The van der Waals surface area contributed by atoms with Crippen LogP contribution in [0.15, 0.2) is 0 Å². The van der Waals surface area contributed by atoms with Gasteiger partial charge in [0.25, 0.3) is 0 Å². The topological polar surface area (TPSA) is 98.7 Å². The van der Waals surface area contributed by atoms with Gasteiger partial charge in [-0.2, -0.15) is 0 Å². The monoisotopic (exact) mass is 244 g/mol. The Bertz CT molecular complexity index is 289. The Balaban J connectivity index is 2.29. The van der Waals surface area contributed by atoms with E-state index < -0.39 is 18.0 Å². The van der Waals surface area contributed by atoms with Crippen LogP contribution in [-0.4, -0.2) is 41.4 Å². The van der Waals surface area contributed by atoms with Crippen molar-refractivity contribution in [2.24, 2.45) is 5.41 Å². The van der Waals surface area contributed by atoms with E-state index in [0.717, 1.165) is 12.8 Å². The molecule has 0 aromatic rings. The lowest BCUT2D eigenvalue weighted by atomic mass is 9.70. The molecule has 1 aliphatic carbocycles. The van der Waals surface area contributed by atoms with Crippen molar-refractivity contribution < 1.29 is 19.8 Å². The van der Waals surface area contributed by atoms with Gasteiger partial charge in [0.2, 0.25) is 0 Å². The third kappa shape index (κ3) is 4.22. The number of nitrogens with one attached hydrogen (secondary N) is 2. The first-order valence-electron chi connectivity index (χ1n) is 5.85. The lowest BCUT2D eigenvalue weighted by Gasteiger charge is -2.38. The summed E-state index contributed by atoms with van der Waals surface area (Å²) in [6.07, 6.45) is 3.38. The quantitative estimate of drug-likeness (QED) is 0.540. The van der Waals surface area contributed by atoms with E-state index in [2.05, 4.69) is 17.6 Å². The Labute approximate surface area is 100 Å². The van der Waals surface area contributed by atoms with Gasteiger partial charge in [0.15, 0.2) is 0 Å². The van der Waals surface area contributed by atoms with Gasteiger partial charge in [-0.15, -0.1) is 0 Å². The molecule has 0 aromatic heterocycles. The van der Waals surface area contributed by atoms with Gasteiger partial charge >= 0.3 is 12.0 Å². The average Bonchev–Trinajstić information content (AvgIpc) is 2.23. The molecule has 1 aliphatic rings. The van der Waals surface area contributed by atoms with E-state index in [1.165, 1.54) is 6.42 Å². The number of carboxylic acid groups (broad SMARTS) is 1. The summed E-state index contributed by atoms with van der Waals surface area (Å²) in [6.45, 7) is 2.39. The van der Waals surface area contributed by atoms with Crippen LogP contribution in [0.4, 0.5) is 4.79 Å². The lowest BCUT2D eigenvalue weighted by molar-refractivity contribution is -0.139. The van der Waals surface area contributed by atoms with E-state index in [1.807, 2.05) is 0 Å². The molecule has 98 valence electrons. The summed E-state index contributed by atoms with van der Waals surface area (Å²) in [7, 11) is 0. The first-order valence-corrected chi connectivity index (χ1v) is 5.85. The molecule has 1 rings (SSSR count). The third-order valence-corrected chi connectivity index (χ3v) is 3.26. The maximum Gasteiger partial charge on any atom is 0.326 e. The second kappa shape index (κ2) is 5.86. The second-order valence-corrected chi connectivity index (χ2v) is 4.89. The number of urea groups is 1. The van der Waals surface area contributed by atoms with Crippen LogP contribution in [0.25, 0.3) is 0 Å². The number of amides is 2. The molecular formula is C11H20N2O4. The number of aliphatic carboxylic acids is 1. The molecule has 2 amide bonds. The van der Waals surface area contributed by atoms with Crippen molar-refractivity contribution in [3.8, 4) is 0 Å². The number of hydrogen-bond acceptors (Lipinski definition) is 3. The number of carbonyl (C=O) groups excluding carboxylic acids is 1. The van der Waals surface area contributed by atoms with E-state index in [4.69, 9.17) is 10.2 Å². The summed E-state index contributed by atoms with van der Waals surface area (Å²) in [5.74, 6) is -1.14. The largest absolute Gasteiger partial charge is 0.480 e. The molecule has 17 heavy (non-hydrogen) atoms. The van der Waals surface area contributed by atoms with E-state index in [9.17, 15) is 9.59 Å². The van der Waals surface area contributed by atoms with Crippen LogP contribution in [0.1, 0.15) is 32.6 Å². The summed E-state index contributed by atoms with van der Waals surface area (Å²) in [4.78, 5) is 22.2. The van der Waals surface area contributed by atoms with Gasteiger partial charge in [-0.1, -0.05) is 13.3 Å². The minimum absolute atomic E-state index is 0.0139. The van der Waals surface area contributed by atoms with Crippen molar-refractivity contribution in [3.05, 3.63) is 0 Å². The molecule has 0 spiro atoms. The highest BCUT2D eigenvalue weighted by Gasteiger charge is 2.32. The highest BCUT2D eigenvalue weighted by Crippen LogP contribution is 2.39. The van der Waals surface area contributed by atoms with Crippen LogP contribution in [0.3, 0.4) is 0 Å². The fraction of sp³-hybridized carbons (Fsp3) is 0.818. The van der Waals surface area contributed by atoms with Crippen LogP contribution in [-0.2, 0) is 4.79 Å². The van der Waals surface area contributed by atoms with E-state index in [-0.39, 0.29) is 18.4 Å². The summed E-state index contributed by atoms with van der Waals surface area (Å²) < 4.78 is 0. The van der Waals surface area contributed by atoms with Crippen molar-refractivity contribution in [2.75, 3.05) is 13.2 Å². The normalized spacial score (nSPS) is 18.9. The molecule has 0 radical (unpaired) electrons. The van der Waals surface area contributed by atoms with Crippen molar-refractivity contribution in [1.82, 2.24) is 10.6 Å². The molecule has 1 fully saturated rings. The minimum atomic E-state index is -1.14. The number of carboxylic acids is 1. The number of rotatable bonds is 6. The maximum absolute atomic E-state index is 11.5. The lowest BCUT2D eigenvalue weighted by Crippen LogP contribution is -2.49. The molecule has 0 saturated heterocycles. The molecule has 6 nitrogen and oxygen atoms in total. The smallest absolute Gasteiger partial charge is 0.326 e. The minimum Gasteiger partial charge on any atom is -0.480 e. The zero-order valence-corrected chi connectivity index (χ0v) is 10.0. The van der Waals surface area contributed by atoms with Crippen molar-refractivity contribution in [2.45, 2.75) is 38.6 Å². The molecule has 1 atom stereocenters. The van der Waals surface area contributed by atoms with Crippen LogP contribution in [0.2, 0.25) is 0 Å². The highest BCUT2D eigenvalue weighted by molar-refractivity contribution is 5.82. The van der Waals surface area contributed by atoms with E-state index in [1.54, 1.807) is 0 Å². The Morgan fingerprint density at radius 2 is 2.06 bits per heavy atom. The van der Waals surface area contributed by atoms with Gasteiger partial charge in [-0.25, -0.2) is 9.59 Å². The van der Waals surface area contributed by atoms with E-state index in [0.29, 0.717) is 6.54 Å². The highest BCUT2D eigenvalue weighted by atomic mass is 16.4. The first-order chi connectivity index (χ1) is 7.97. The van der Waals surface area contributed by atoms with E-state index >= 15 is 0 Å². The SMILES string of the molecule is CC1(CNC(=O)N[C@H](CCO)C(=O)O)CCC1. The molecule has 0 unspecified atom stereocenters. The number of aliphatic hydroxyl groups excluding tert-OH is 1. The average molecular weight is 244 g/mol. The summed E-state index contributed by atoms with van der Waals surface area (Å²) in [5, 5.41) is 22.5. The molecular weight excluding hydrogens is 224 g/mol. The van der Waals surface area contributed by atoms with Crippen LogP contribution >= 0.6 is 0 Å². The van der Waals surface area contributed by atoms with Gasteiger partial charge in [-0.05, 0) is 18.3 Å². The fourth-order valence-electron chi connectivity index (χ4n) is 1.85. The Morgan fingerprint density at radius 1 is 1.41 bits per heavy atom. The van der Waals surface area contributed by atoms with Gasteiger partial charge < -0.3 is 20.8 Å². The molecule has 1 saturated carbocycles. The maximum atomic E-state index is 11.5. The number of hydrogen-bond donors (Lipinski definition) is 4. The Hall–Kier alpha value is -1.30. The van der Waals surface area contributed by atoms with Gasteiger partial charge in [0, 0.05) is 19.6 Å². The van der Waals surface area contributed by atoms with Gasteiger partial charge in [-0.3, -0.25) is 0 Å². The summed E-state index contributed by atoms with van der Waals surface area (Å²) in [5.41, 5.74) is 0.160. The van der Waals surface area contributed by atoms with Crippen molar-refractivity contribution >= 4 is 12.0 Å². The molecule has 0 bridgehead atoms. The molecule has 0 aliphatic heterocycles. The molecule has 0 aromatic carbocycles. The molecule has 0 heterocycles. The predicted molar refractivity (Wildman–Crippen MR) is 61.6 cm³/mol. The van der Waals surface area contributed by atoms with Crippen LogP contribution < -0.4 is 10.6 Å². The Morgan fingerprint density at radius 3 is 2.47 bits per heavy atom. The zero-order chi connectivity index (χ0) is 12.9. The number of carbonyl (C=O) groups is 2. The second-order valence-electron chi connectivity index (χ2n) is 4.89. The zero-order valence-electron chi connectivity index (χ0n) is 10.0. The van der Waals surface area contributed by atoms with Gasteiger partial charge in [0.1, 0.15) is 6.04 Å². The van der Waals surface area contributed by atoms with Crippen LogP contribution in [0.5, 0.6) is 0 Å². The predicted octanol–water partition coefficient (Wildman–Crippen LogP) is 0.311. The Kier molecular flexibility index (Phi) is 4.74. The first kappa shape index (κ1) is 13.8. The fourth-order valence-corrected chi connectivity index (χ4v) is 1.85. The van der Waals surface area contributed by atoms with Crippen molar-refractivity contribution in [3.63, 3.8) is 0 Å². The van der Waals surface area contributed by atoms with Crippen LogP contribution in [0, 0.1) is 5.41 Å². The standard InChI is InChI=1S/C11H20N2O4/c1-11(4-2-5-11)7-12-10(17)13-8(3-6-14)9(15)16/h8,14H,2-7H2,1H3,(H,15,16)(H2,12,13,17)/t8-/m1/s1. The summed E-state index contributed by atoms with van der Waals surface area (Å²) >= 11 is 0. The van der Waals surface area contributed by atoms with Crippen molar-refractivity contribution in [1.29, 1.82) is 0 Å². The molecule has 6 heteroatoms. The van der Waals surface area contributed by atoms with Gasteiger partial charge in [0.05, 0.1) is 0 Å². The summed E-state index contributed by atoms with van der Waals surface area (Å²) in [6, 6.07) is -1.52. The molecule has 4 N–H and O–H groups in total. The number of aliphatic hydroxyl groups is 1. The third-order valence-electron chi connectivity index (χ3n) is 3.26.